The zero-order valence-corrected chi connectivity index (χ0v) is 8.81. The van der Waals surface area contributed by atoms with Crippen molar-refractivity contribution in [2.75, 3.05) is 0 Å². The summed E-state index contributed by atoms with van der Waals surface area (Å²) in [5.74, 6) is 0.254. The van der Waals surface area contributed by atoms with Gasteiger partial charge in [0.1, 0.15) is 5.75 Å². The van der Waals surface area contributed by atoms with Gasteiger partial charge >= 0.3 is 5.97 Å². The number of halogens is 2. The Labute approximate surface area is 91.8 Å². The summed E-state index contributed by atoms with van der Waals surface area (Å²) in [6.45, 7) is 0. The minimum atomic E-state index is -0.200. The molecule has 2 nitrogen and oxygen atoms in total. The van der Waals surface area contributed by atoms with Crippen molar-refractivity contribution < 1.29 is 9.53 Å². The molecule has 4 heteroatoms. The van der Waals surface area contributed by atoms with Gasteiger partial charge in [-0.2, -0.15) is 0 Å². The van der Waals surface area contributed by atoms with Crippen LogP contribution in [0, 0.1) is 5.92 Å². The molecule has 1 fully saturated rings. The number of carbonyl (C=O) groups is 1. The van der Waals surface area contributed by atoms with Gasteiger partial charge in [0, 0.05) is 5.02 Å². The van der Waals surface area contributed by atoms with Crippen molar-refractivity contribution >= 4 is 29.2 Å². The molecule has 0 radical (unpaired) electrons. The van der Waals surface area contributed by atoms with E-state index in [1.807, 2.05) is 0 Å². The van der Waals surface area contributed by atoms with Gasteiger partial charge < -0.3 is 4.74 Å². The van der Waals surface area contributed by atoms with Crippen LogP contribution in [0.2, 0.25) is 10.0 Å². The summed E-state index contributed by atoms with van der Waals surface area (Å²) in [4.78, 5) is 11.3. The Bertz CT molecular complexity index is 372. The molecular formula is C10H8Cl2O2. The molecule has 0 heterocycles. The molecule has 0 amide bonds. The summed E-state index contributed by atoms with van der Waals surface area (Å²) in [6.07, 6.45) is 1.84. The van der Waals surface area contributed by atoms with Crippen molar-refractivity contribution in [3.05, 3.63) is 28.2 Å². The van der Waals surface area contributed by atoms with Crippen molar-refractivity contribution in [2.24, 2.45) is 5.92 Å². The zero-order chi connectivity index (χ0) is 10.1. The molecule has 0 atom stereocenters. The van der Waals surface area contributed by atoms with Crippen LogP contribution in [0.5, 0.6) is 5.75 Å². The zero-order valence-electron chi connectivity index (χ0n) is 7.30. The SMILES string of the molecule is O=C(Oc1ccc(Cl)cc1Cl)C1CC1. The largest absolute Gasteiger partial charge is 0.425 e. The monoisotopic (exact) mass is 230 g/mol. The van der Waals surface area contributed by atoms with E-state index in [0.717, 1.165) is 12.8 Å². The lowest BCUT2D eigenvalue weighted by molar-refractivity contribution is -0.135. The topological polar surface area (TPSA) is 26.3 Å². The molecule has 0 aromatic heterocycles. The first-order valence-electron chi connectivity index (χ1n) is 4.33. The number of benzene rings is 1. The Hall–Kier alpha value is -0.730. The van der Waals surface area contributed by atoms with E-state index >= 15 is 0 Å². The Morgan fingerprint density at radius 1 is 1.36 bits per heavy atom. The molecule has 14 heavy (non-hydrogen) atoms. The number of esters is 1. The van der Waals surface area contributed by atoms with Crippen LogP contribution in [0.3, 0.4) is 0 Å². The maximum Gasteiger partial charge on any atom is 0.314 e. The van der Waals surface area contributed by atoms with Gasteiger partial charge in [0.2, 0.25) is 0 Å². The molecule has 0 saturated heterocycles. The standard InChI is InChI=1S/C10H8Cl2O2/c11-7-3-4-9(8(12)5-7)14-10(13)6-1-2-6/h3-6H,1-2H2. The van der Waals surface area contributed by atoms with E-state index in [9.17, 15) is 4.79 Å². The van der Waals surface area contributed by atoms with Crippen LogP contribution in [0.25, 0.3) is 0 Å². The molecule has 1 saturated carbocycles. The van der Waals surface area contributed by atoms with Crippen LogP contribution in [-0.2, 0) is 4.79 Å². The predicted molar refractivity (Wildman–Crippen MR) is 54.8 cm³/mol. The van der Waals surface area contributed by atoms with Crippen LogP contribution < -0.4 is 4.74 Å². The van der Waals surface area contributed by atoms with Crippen LogP contribution >= 0.6 is 23.2 Å². The van der Waals surface area contributed by atoms with E-state index < -0.39 is 0 Å². The van der Waals surface area contributed by atoms with Gasteiger partial charge in [0.05, 0.1) is 10.9 Å². The molecule has 0 aliphatic heterocycles. The molecule has 1 aliphatic carbocycles. The Kier molecular flexibility index (Phi) is 2.66. The molecule has 1 aromatic carbocycles. The minimum absolute atomic E-state index is 0.0711. The normalized spacial score (nSPS) is 15.3. The summed E-state index contributed by atoms with van der Waals surface area (Å²) in [5.41, 5.74) is 0. The molecule has 0 bridgehead atoms. The van der Waals surface area contributed by atoms with E-state index in [2.05, 4.69) is 0 Å². The molecule has 74 valence electrons. The summed E-state index contributed by atoms with van der Waals surface area (Å²) >= 11 is 11.5. The molecule has 1 aromatic rings. The fourth-order valence-electron chi connectivity index (χ4n) is 1.07. The average Bonchev–Trinajstić information content (AvgIpc) is 2.92. The smallest absolute Gasteiger partial charge is 0.314 e. The third kappa shape index (κ3) is 2.20. The van der Waals surface area contributed by atoms with Crippen molar-refractivity contribution in [1.82, 2.24) is 0 Å². The molecular weight excluding hydrogens is 223 g/mol. The first kappa shape index (κ1) is 9.81. The van der Waals surface area contributed by atoms with Crippen LogP contribution in [0.15, 0.2) is 18.2 Å². The number of rotatable bonds is 2. The lowest BCUT2D eigenvalue weighted by atomic mass is 10.3. The number of hydrogen-bond donors (Lipinski definition) is 0. The highest BCUT2D eigenvalue weighted by Gasteiger charge is 2.31. The second-order valence-electron chi connectivity index (χ2n) is 3.27. The van der Waals surface area contributed by atoms with Gasteiger partial charge in [-0.05, 0) is 31.0 Å². The average molecular weight is 231 g/mol. The minimum Gasteiger partial charge on any atom is -0.425 e. The third-order valence-corrected chi connectivity index (χ3v) is 2.55. The Balaban J connectivity index is 2.11. The summed E-state index contributed by atoms with van der Waals surface area (Å²) in [5, 5.41) is 0.896. The maximum absolute atomic E-state index is 11.3. The quantitative estimate of drug-likeness (QED) is 0.576. The highest BCUT2D eigenvalue weighted by molar-refractivity contribution is 6.35. The van der Waals surface area contributed by atoms with Crippen LogP contribution in [0.4, 0.5) is 0 Å². The van der Waals surface area contributed by atoms with Crippen molar-refractivity contribution in [3.63, 3.8) is 0 Å². The van der Waals surface area contributed by atoms with Gasteiger partial charge in [-0.15, -0.1) is 0 Å². The van der Waals surface area contributed by atoms with Gasteiger partial charge in [-0.1, -0.05) is 23.2 Å². The van der Waals surface area contributed by atoms with Crippen molar-refractivity contribution in [3.8, 4) is 5.75 Å². The van der Waals surface area contributed by atoms with E-state index in [4.69, 9.17) is 27.9 Å². The predicted octanol–water partition coefficient (Wildman–Crippen LogP) is 3.31. The first-order chi connectivity index (χ1) is 6.66. The van der Waals surface area contributed by atoms with Gasteiger partial charge in [-0.25, -0.2) is 0 Å². The van der Waals surface area contributed by atoms with E-state index in [1.165, 1.54) is 0 Å². The lowest BCUT2D eigenvalue weighted by Gasteiger charge is -2.04. The molecule has 1 aliphatic rings. The van der Waals surface area contributed by atoms with Gasteiger partial charge in [0.15, 0.2) is 0 Å². The number of hydrogen-bond acceptors (Lipinski definition) is 2. The lowest BCUT2D eigenvalue weighted by Crippen LogP contribution is -2.09. The fraction of sp³-hybridized carbons (Fsp3) is 0.300. The molecule has 0 unspecified atom stereocenters. The summed E-state index contributed by atoms with van der Waals surface area (Å²) in [6, 6.07) is 4.80. The Morgan fingerprint density at radius 2 is 2.07 bits per heavy atom. The number of ether oxygens (including phenoxy) is 1. The second kappa shape index (κ2) is 3.79. The highest BCUT2D eigenvalue weighted by atomic mass is 35.5. The highest BCUT2D eigenvalue weighted by Crippen LogP contribution is 2.33. The van der Waals surface area contributed by atoms with Gasteiger partial charge in [-0.3, -0.25) is 4.79 Å². The van der Waals surface area contributed by atoms with E-state index in [1.54, 1.807) is 18.2 Å². The molecule has 0 spiro atoms. The first-order valence-corrected chi connectivity index (χ1v) is 5.09. The summed E-state index contributed by atoms with van der Waals surface area (Å²) < 4.78 is 5.09. The maximum atomic E-state index is 11.3. The van der Waals surface area contributed by atoms with Crippen LogP contribution in [0.1, 0.15) is 12.8 Å². The molecule has 0 N–H and O–H groups in total. The van der Waals surface area contributed by atoms with E-state index in [0.29, 0.717) is 15.8 Å². The number of carbonyl (C=O) groups excluding carboxylic acids is 1. The van der Waals surface area contributed by atoms with Gasteiger partial charge in [0.25, 0.3) is 0 Å². The summed E-state index contributed by atoms with van der Waals surface area (Å²) in [7, 11) is 0. The van der Waals surface area contributed by atoms with Crippen LogP contribution in [-0.4, -0.2) is 5.97 Å². The Morgan fingerprint density at radius 3 is 2.64 bits per heavy atom. The fourth-order valence-corrected chi connectivity index (χ4v) is 1.52. The van der Waals surface area contributed by atoms with E-state index in [-0.39, 0.29) is 11.9 Å². The second-order valence-corrected chi connectivity index (χ2v) is 4.11. The molecule has 2 rings (SSSR count). The third-order valence-electron chi connectivity index (χ3n) is 2.02. The van der Waals surface area contributed by atoms with Crippen molar-refractivity contribution in [1.29, 1.82) is 0 Å². The van der Waals surface area contributed by atoms with Crippen molar-refractivity contribution in [2.45, 2.75) is 12.8 Å².